The van der Waals surface area contributed by atoms with Crippen LogP contribution in [0.4, 0.5) is 0 Å². The fraction of sp³-hybridized carbons (Fsp3) is 1.00. The molecule has 0 spiro atoms. The number of rotatable bonds is 5. The van der Waals surface area contributed by atoms with Crippen molar-refractivity contribution >= 4 is 10.2 Å². The molecule has 2 saturated heterocycles. The normalized spacial score (nSPS) is 32.2. The molecule has 3 unspecified atom stereocenters. The fourth-order valence-electron chi connectivity index (χ4n) is 3.64. The van der Waals surface area contributed by atoms with Crippen LogP contribution < -0.4 is 5.32 Å². The largest absolute Gasteiger partial charge is 0.313 e. The zero-order chi connectivity index (χ0) is 15.6. The summed E-state index contributed by atoms with van der Waals surface area (Å²) in [7, 11) is -3.35. The number of hydrogen-bond acceptors (Lipinski definition) is 3. The summed E-state index contributed by atoms with van der Waals surface area (Å²) < 4.78 is 29.5. The maximum absolute atomic E-state index is 13.0. The van der Waals surface area contributed by atoms with Crippen molar-refractivity contribution in [1.29, 1.82) is 0 Å². The summed E-state index contributed by atoms with van der Waals surface area (Å²) in [5.74, 6) is 0.893. The van der Waals surface area contributed by atoms with Crippen molar-refractivity contribution in [2.45, 2.75) is 59.0 Å². The van der Waals surface area contributed by atoms with Gasteiger partial charge in [0.15, 0.2) is 0 Å². The average Bonchev–Trinajstić information content (AvgIpc) is 2.87. The molecule has 124 valence electrons. The van der Waals surface area contributed by atoms with Crippen LogP contribution in [0.5, 0.6) is 0 Å². The van der Waals surface area contributed by atoms with Gasteiger partial charge in [-0.05, 0) is 51.5 Å². The standard InChI is InChI=1S/C15H31N3O2S/c1-12(2)18(11-15-6-5-7-16-15)21(19,20)17-9-13(3)8-14(4)10-17/h12-16H,5-11H2,1-4H3. The molecule has 0 amide bonds. The Balaban J connectivity index is 2.12. The molecule has 6 heteroatoms. The highest BCUT2D eigenvalue weighted by atomic mass is 32.2. The molecule has 0 aromatic carbocycles. The zero-order valence-electron chi connectivity index (χ0n) is 13.9. The Morgan fingerprint density at radius 2 is 1.86 bits per heavy atom. The van der Waals surface area contributed by atoms with Gasteiger partial charge < -0.3 is 5.32 Å². The van der Waals surface area contributed by atoms with E-state index in [1.54, 1.807) is 8.61 Å². The number of piperidine rings is 1. The monoisotopic (exact) mass is 317 g/mol. The SMILES string of the molecule is CC1CC(C)CN(S(=O)(=O)N(CC2CCCN2)C(C)C)C1. The Morgan fingerprint density at radius 3 is 2.33 bits per heavy atom. The van der Waals surface area contributed by atoms with Gasteiger partial charge in [0.05, 0.1) is 0 Å². The topological polar surface area (TPSA) is 52.7 Å². The van der Waals surface area contributed by atoms with E-state index in [1.165, 1.54) is 0 Å². The van der Waals surface area contributed by atoms with Crippen LogP contribution in [0, 0.1) is 11.8 Å². The Morgan fingerprint density at radius 1 is 1.24 bits per heavy atom. The van der Waals surface area contributed by atoms with Gasteiger partial charge in [-0.15, -0.1) is 0 Å². The van der Waals surface area contributed by atoms with Crippen molar-refractivity contribution in [3.05, 3.63) is 0 Å². The third kappa shape index (κ3) is 4.18. The van der Waals surface area contributed by atoms with Gasteiger partial charge in [-0.1, -0.05) is 13.8 Å². The van der Waals surface area contributed by atoms with Crippen LogP contribution in [-0.2, 0) is 10.2 Å². The Hall–Kier alpha value is -0.170. The second kappa shape index (κ2) is 6.94. The smallest absolute Gasteiger partial charge is 0.282 e. The van der Waals surface area contributed by atoms with Gasteiger partial charge in [-0.3, -0.25) is 0 Å². The molecule has 2 rings (SSSR count). The van der Waals surface area contributed by atoms with E-state index in [0.29, 0.717) is 37.5 Å². The minimum absolute atomic E-state index is 0.00457. The van der Waals surface area contributed by atoms with Gasteiger partial charge in [0, 0.05) is 31.7 Å². The van der Waals surface area contributed by atoms with Crippen LogP contribution in [0.3, 0.4) is 0 Å². The first kappa shape index (κ1) is 17.2. The third-order valence-corrected chi connectivity index (χ3v) is 6.71. The molecule has 0 aromatic heterocycles. The van der Waals surface area contributed by atoms with Crippen LogP contribution in [0.2, 0.25) is 0 Å². The highest BCUT2D eigenvalue weighted by Gasteiger charge is 2.37. The quantitative estimate of drug-likeness (QED) is 0.839. The van der Waals surface area contributed by atoms with Crippen molar-refractivity contribution in [2.24, 2.45) is 11.8 Å². The maximum Gasteiger partial charge on any atom is 0.282 e. The van der Waals surface area contributed by atoms with Crippen LogP contribution in [0.25, 0.3) is 0 Å². The van der Waals surface area contributed by atoms with E-state index in [9.17, 15) is 8.42 Å². The van der Waals surface area contributed by atoms with Crippen LogP contribution >= 0.6 is 0 Å². The Kier molecular flexibility index (Phi) is 5.68. The molecule has 2 aliphatic rings. The summed E-state index contributed by atoms with van der Waals surface area (Å²) >= 11 is 0. The Labute approximate surface area is 130 Å². The Bertz CT molecular complexity index is 422. The van der Waals surface area contributed by atoms with Gasteiger partial charge >= 0.3 is 0 Å². The van der Waals surface area contributed by atoms with Crippen molar-refractivity contribution < 1.29 is 8.42 Å². The molecule has 5 nitrogen and oxygen atoms in total. The number of nitrogens with zero attached hydrogens (tertiary/aromatic N) is 2. The molecule has 0 bridgehead atoms. The van der Waals surface area contributed by atoms with E-state index in [0.717, 1.165) is 25.8 Å². The lowest BCUT2D eigenvalue weighted by Crippen LogP contribution is -2.54. The summed E-state index contributed by atoms with van der Waals surface area (Å²) in [5, 5.41) is 3.41. The molecule has 0 aromatic rings. The molecular formula is C15H31N3O2S. The molecular weight excluding hydrogens is 286 g/mol. The highest BCUT2D eigenvalue weighted by molar-refractivity contribution is 7.86. The molecule has 3 atom stereocenters. The van der Waals surface area contributed by atoms with E-state index in [-0.39, 0.29) is 6.04 Å². The molecule has 21 heavy (non-hydrogen) atoms. The lowest BCUT2D eigenvalue weighted by Gasteiger charge is -2.39. The van der Waals surface area contributed by atoms with E-state index in [1.807, 2.05) is 13.8 Å². The van der Waals surface area contributed by atoms with Gasteiger partial charge in [0.25, 0.3) is 10.2 Å². The van der Waals surface area contributed by atoms with Gasteiger partial charge in [0.1, 0.15) is 0 Å². The van der Waals surface area contributed by atoms with Crippen molar-refractivity contribution in [1.82, 2.24) is 13.9 Å². The number of nitrogens with one attached hydrogen (secondary N) is 1. The second-order valence-electron chi connectivity index (χ2n) is 7.23. The first-order chi connectivity index (χ1) is 9.80. The lowest BCUT2D eigenvalue weighted by molar-refractivity contribution is 0.200. The number of hydrogen-bond donors (Lipinski definition) is 1. The highest BCUT2D eigenvalue weighted by Crippen LogP contribution is 2.26. The second-order valence-corrected chi connectivity index (χ2v) is 9.11. The fourth-order valence-corrected chi connectivity index (χ4v) is 5.73. The van der Waals surface area contributed by atoms with Crippen molar-refractivity contribution in [3.63, 3.8) is 0 Å². The summed E-state index contributed by atoms with van der Waals surface area (Å²) in [6.07, 6.45) is 3.35. The summed E-state index contributed by atoms with van der Waals surface area (Å²) in [6.45, 7) is 11.2. The first-order valence-electron chi connectivity index (χ1n) is 8.31. The molecule has 2 heterocycles. The van der Waals surface area contributed by atoms with Crippen LogP contribution in [-0.4, -0.2) is 55.3 Å². The molecule has 0 radical (unpaired) electrons. The average molecular weight is 317 g/mol. The van der Waals surface area contributed by atoms with Crippen LogP contribution in [0.1, 0.15) is 47.0 Å². The predicted molar refractivity (Wildman–Crippen MR) is 86.3 cm³/mol. The van der Waals surface area contributed by atoms with Crippen molar-refractivity contribution in [2.75, 3.05) is 26.2 Å². The van der Waals surface area contributed by atoms with E-state index in [4.69, 9.17) is 0 Å². The summed E-state index contributed by atoms with van der Waals surface area (Å²) in [5.41, 5.74) is 0. The minimum atomic E-state index is -3.35. The van der Waals surface area contributed by atoms with E-state index < -0.39 is 10.2 Å². The minimum Gasteiger partial charge on any atom is -0.313 e. The predicted octanol–water partition coefficient (Wildman–Crippen LogP) is 1.67. The van der Waals surface area contributed by atoms with Crippen LogP contribution in [0.15, 0.2) is 0 Å². The van der Waals surface area contributed by atoms with Gasteiger partial charge in [-0.25, -0.2) is 0 Å². The maximum atomic E-state index is 13.0. The van der Waals surface area contributed by atoms with Crippen molar-refractivity contribution in [3.8, 4) is 0 Å². The first-order valence-corrected chi connectivity index (χ1v) is 9.70. The zero-order valence-corrected chi connectivity index (χ0v) is 14.7. The van der Waals surface area contributed by atoms with Gasteiger partial charge in [0.2, 0.25) is 0 Å². The molecule has 0 aliphatic carbocycles. The molecule has 2 aliphatic heterocycles. The van der Waals surface area contributed by atoms with Gasteiger partial charge in [-0.2, -0.15) is 17.0 Å². The molecule has 2 fully saturated rings. The van der Waals surface area contributed by atoms with E-state index in [2.05, 4.69) is 19.2 Å². The molecule has 1 N–H and O–H groups in total. The summed E-state index contributed by atoms with van der Waals surface area (Å²) in [4.78, 5) is 0. The lowest BCUT2D eigenvalue weighted by atomic mass is 9.94. The van der Waals surface area contributed by atoms with E-state index >= 15 is 0 Å². The summed E-state index contributed by atoms with van der Waals surface area (Å²) in [6, 6.07) is 0.312. The third-order valence-electron chi connectivity index (χ3n) is 4.60. The molecule has 0 saturated carbocycles.